The fraction of sp³-hybridized carbons (Fsp3) is 0.562. The quantitative estimate of drug-likeness (QED) is 0.831. The van der Waals surface area contributed by atoms with Crippen molar-refractivity contribution in [2.24, 2.45) is 0 Å². The lowest BCUT2D eigenvalue weighted by Crippen LogP contribution is -2.46. The first kappa shape index (κ1) is 19.6. The number of piperidine rings is 1. The van der Waals surface area contributed by atoms with E-state index in [9.17, 15) is 13.6 Å². The van der Waals surface area contributed by atoms with Gasteiger partial charge in [0.05, 0.1) is 0 Å². The Hall–Kier alpha value is -1.40. The molecule has 1 amide bonds. The minimum Gasteiger partial charge on any atom is -0.435 e. The lowest BCUT2D eigenvalue weighted by atomic mass is 10.0. The normalized spacial score (nSPS) is 20.7. The minimum absolute atomic E-state index is 0. The Morgan fingerprint density at radius 1 is 1.39 bits per heavy atom. The smallest absolute Gasteiger partial charge is 0.387 e. The summed E-state index contributed by atoms with van der Waals surface area (Å²) in [6.07, 6.45) is 2.88. The maximum atomic E-state index is 12.0. The van der Waals surface area contributed by atoms with Gasteiger partial charge in [-0.15, -0.1) is 12.4 Å². The van der Waals surface area contributed by atoms with Gasteiger partial charge in [0.2, 0.25) is 5.91 Å². The summed E-state index contributed by atoms with van der Waals surface area (Å²) >= 11 is 0. The second-order valence-corrected chi connectivity index (χ2v) is 5.67. The molecule has 2 atom stereocenters. The van der Waals surface area contributed by atoms with Crippen molar-refractivity contribution in [3.63, 3.8) is 0 Å². The van der Waals surface area contributed by atoms with Gasteiger partial charge in [0.25, 0.3) is 0 Å². The van der Waals surface area contributed by atoms with Crippen molar-refractivity contribution in [2.75, 3.05) is 6.54 Å². The van der Waals surface area contributed by atoms with Gasteiger partial charge >= 0.3 is 6.61 Å². The number of hydrogen-bond donors (Lipinski definition) is 2. The maximum absolute atomic E-state index is 12.0. The van der Waals surface area contributed by atoms with Crippen molar-refractivity contribution in [1.29, 1.82) is 0 Å². The van der Waals surface area contributed by atoms with Crippen LogP contribution in [0.15, 0.2) is 24.3 Å². The number of ether oxygens (including phenoxy) is 1. The third-order valence-corrected chi connectivity index (χ3v) is 3.78. The molecule has 0 bridgehead atoms. The van der Waals surface area contributed by atoms with Crippen molar-refractivity contribution in [3.8, 4) is 5.75 Å². The molecule has 7 heteroatoms. The van der Waals surface area contributed by atoms with Crippen LogP contribution in [0.4, 0.5) is 8.78 Å². The summed E-state index contributed by atoms with van der Waals surface area (Å²) < 4.78 is 28.4. The number of rotatable bonds is 6. The first-order valence-corrected chi connectivity index (χ1v) is 7.59. The number of nitrogens with one attached hydrogen (secondary N) is 2. The molecular weight excluding hydrogens is 326 g/mol. The van der Waals surface area contributed by atoms with Crippen LogP contribution in [0.5, 0.6) is 5.75 Å². The topological polar surface area (TPSA) is 50.4 Å². The molecule has 1 saturated heterocycles. The van der Waals surface area contributed by atoms with Crippen molar-refractivity contribution < 1.29 is 18.3 Å². The molecule has 0 aliphatic carbocycles. The van der Waals surface area contributed by atoms with Crippen LogP contribution in [0.1, 0.15) is 31.7 Å². The molecule has 0 aromatic heterocycles. The van der Waals surface area contributed by atoms with Crippen molar-refractivity contribution in [3.05, 3.63) is 29.8 Å². The Labute approximate surface area is 141 Å². The second kappa shape index (κ2) is 9.67. The summed E-state index contributed by atoms with van der Waals surface area (Å²) in [5.74, 6) is 0.166. The Balaban J connectivity index is 0.00000264. The van der Waals surface area contributed by atoms with Gasteiger partial charge in [0, 0.05) is 18.5 Å². The van der Waals surface area contributed by atoms with Gasteiger partial charge in [-0.25, -0.2) is 0 Å². The molecule has 1 heterocycles. The lowest BCUT2D eigenvalue weighted by Gasteiger charge is -2.28. The molecular formula is C16H23ClF2N2O2. The van der Waals surface area contributed by atoms with E-state index in [0.29, 0.717) is 18.9 Å². The number of carbonyl (C=O) groups is 1. The highest BCUT2D eigenvalue weighted by Gasteiger charge is 2.19. The van der Waals surface area contributed by atoms with E-state index < -0.39 is 6.61 Å². The molecule has 4 nitrogen and oxygen atoms in total. The van der Waals surface area contributed by atoms with Crippen LogP contribution in [0.2, 0.25) is 0 Å². The number of benzene rings is 1. The van der Waals surface area contributed by atoms with E-state index in [1.54, 1.807) is 12.1 Å². The monoisotopic (exact) mass is 348 g/mol. The molecule has 1 aromatic rings. The third kappa shape index (κ3) is 7.14. The fourth-order valence-electron chi connectivity index (χ4n) is 2.66. The van der Waals surface area contributed by atoms with Gasteiger partial charge in [0.1, 0.15) is 5.75 Å². The molecule has 2 N–H and O–H groups in total. The highest BCUT2D eigenvalue weighted by molar-refractivity contribution is 5.85. The molecule has 2 unspecified atom stereocenters. The van der Waals surface area contributed by atoms with Crippen LogP contribution in [0, 0.1) is 0 Å². The summed E-state index contributed by atoms with van der Waals surface area (Å²) in [7, 11) is 0. The van der Waals surface area contributed by atoms with Gasteiger partial charge in [-0.05, 0) is 50.4 Å². The number of aryl methyl sites for hydroxylation is 1. The van der Waals surface area contributed by atoms with Gasteiger partial charge in [-0.2, -0.15) is 8.78 Å². The van der Waals surface area contributed by atoms with E-state index >= 15 is 0 Å². The molecule has 1 aromatic carbocycles. The summed E-state index contributed by atoms with van der Waals surface area (Å²) in [6, 6.07) is 7.07. The zero-order chi connectivity index (χ0) is 15.9. The molecule has 0 saturated carbocycles. The number of alkyl halides is 2. The molecule has 0 radical (unpaired) electrons. The predicted molar refractivity (Wildman–Crippen MR) is 87.3 cm³/mol. The van der Waals surface area contributed by atoms with Crippen molar-refractivity contribution in [2.45, 2.75) is 51.3 Å². The fourth-order valence-corrected chi connectivity index (χ4v) is 2.66. The average Bonchev–Trinajstić information content (AvgIpc) is 2.46. The van der Waals surface area contributed by atoms with Gasteiger partial charge < -0.3 is 15.4 Å². The summed E-state index contributed by atoms with van der Waals surface area (Å²) in [4.78, 5) is 11.9. The van der Waals surface area contributed by atoms with E-state index in [2.05, 4.69) is 22.3 Å². The highest BCUT2D eigenvalue weighted by Crippen LogP contribution is 2.16. The largest absolute Gasteiger partial charge is 0.435 e. The third-order valence-electron chi connectivity index (χ3n) is 3.78. The minimum atomic E-state index is -2.82. The number of carbonyl (C=O) groups excluding carboxylic acids is 1. The lowest BCUT2D eigenvalue weighted by molar-refractivity contribution is -0.122. The van der Waals surface area contributed by atoms with Gasteiger partial charge in [0.15, 0.2) is 0 Å². The van der Waals surface area contributed by atoms with Crippen LogP contribution in [-0.4, -0.2) is 31.1 Å². The predicted octanol–water partition coefficient (Wildman–Crippen LogP) is 2.90. The van der Waals surface area contributed by atoms with Crippen molar-refractivity contribution in [1.82, 2.24) is 10.6 Å². The molecule has 0 spiro atoms. The maximum Gasteiger partial charge on any atom is 0.387 e. The van der Waals surface area contributed by atoms with Gasteiger partial charge in [-0.1, -0.05) is 12.1 Å². The van der Waals surface area contributed by atoms with Crippen LogP contribution >= 0.6 is 12.4 Å². The molecule has 23 heavy (non-hydrogen) atoms. The molecule has 1 fully saturated rings. The number of halogens is 3. The second-order valence-electron chi connectivity index (χ2n) is 5.67. The standard InChI is InChI=1S/C16H22F2N2O2.ClH/c1-11-10-13(8-9-19-11)20-15(21)7-4-12-2-5-14(6-3-12)22-16(17)18;/h2-3,5-6,11,13,16,19H,4,7-10H2,1H3,(H,20,21);1H. The first-order valence-electron chi connectivity index (χ1n) is 7.59. The van der Waals surface area contributed by atoms with Crippen LogP contribution in [0.25, 0.3) is 0 Å². The Morgan fingerprint density at radius 3 is 2.70 bits per heavy atom. The molecule has 1 aliphatic rings. The molecule has 130 valence electrons. The first-order chi connectivity index (χ1) is 10.5. The van der Waals surface area contributed by atoms with E-state index in [1.807, 2.05) is 0 Å². The van der Waals surface area contributed by atoms with E-state index in [0.717, 1.165) is 24.9 Å². The van der Waals surface area contributed by atoms with E-state index in [1.165, 1.54) is 12.1 Å². The SMILES string of the molecule is CC1CC(NC(=O)CCc2ccc(OC(F)F)cc2)CCN1.Cl. The van der Waals surface area contributed by atoms with Crippen LogP contribution in [-0.2, 0) is 11.2 Å². The summed E-state index contributed by atoms with van der Waals surface area (Å²) in [5, 5.41) is 6.40. The number of amides is 1. The zero-order valence-corrected chi connectivity index (χ0v) is 13.9. The summed E-state index contributed by atoms with van der Waals surface area (Å²) in [6.45, 7) is 0.225. The number of hydrogen-bond acceptors (Lipinski definition) is 3. The Kier molecular flexibility index (Phi) is 8.26. The zero-order valence-electron chi connectivity index (χ0n) is 13.1. The van der Waals surface area contributed by atoms with Crippen LogP contribution < -0.4 is 15.4 Å². The highest BCUT2D eigenvalue weighted by atomic mass is 35.5. The van der Waals surface area contributed by atoms with Crippen LogP contribution in [0.3, 0.4) is 0 Å². The van der Waals surface area contributed by atoms with E-state index in [4.69, 9.17) is 0 Å². The summed E-state index contributed by atoms with van der Waals surface area (Å²) in [5.41, 5.74) is 0.926. The van der Waals surface area contributed by atoms with Gasteiger partial charge in [-0.3, -0.25) is 4.79 Å². The Morgan fingerprint density at radius 2 is 2.09 bits per heavy atom. The van der Waals surface area contributed by atoms with Crippen molar-refractivity contribution >= 4 is 18.3 Å². The molecule has 2 rings (SSSR count). The average molecular weight is 349 g/mol. The Bertz CT molecular complexity index is 485. The molecule has 1 aliphatic heterocycles. The van der Waals surface area contributed by atoms with E-state index in [-0.39, 0.29) is 30.1 Å².